The molecular formula is C21H31N5O. The second-order valence-corrected chi connectivity index (χ2v) is 7.68. The predicted octanol–water partition coefficient (Wildman–Crippen LogP) is 2.44. The van der Waals surface area contributed by atoms with Crippen molar-refractivity contribution in [1.29, 1.82) is 0 Å². The molecule has 2 heterocycles. The van der Waals surface area contributed by atoms with Crippen LogP contribution in [0.4, 0.5) is 0 Å². The first-order valence-corrected chi connectivity index (χ1v) is 9.80. The van der Waals surface area contributed by atoms with Crippen LogP contribution in [0.15, 0.2) is 29.4 Å². The van der Waals surface area contributed by atoms with E-state index in [9.17, 15) is 4.79 Å². The third kappa shape index (κ3) is 4.62. The topological polar surface area (TPSA) is 72.5 Å². The Morgan fingerprint density at radius 3 is 2.96 bits per heavy atom. The van der Waals surface area contributed by atoms with Crippen LogP contribution in [0, 0.1) is 12.8 Å². The molecule has 1 saturated heterocycles. The zero-order valence-corrected chi connectivity index (χ0v) is 16.8. The number of rotatable bonds is 5. The minimum Gasteiger partial charge on any atom is -0.361 e. The Kier molecular flexibility index (Phi) is 6.04. The Bertz CT molecular complexity index is 823. The fourth-order valence-corrected chi connectivity index (χ4v) is 3.65. The minimum absolute atomic E-state index is 0.0566. The van der Waals surface area contributed by atoms with Gasteiger partial charge in [-0.05, 0) is 37.0 Å². The molecule has 0 saturated carbocycles. The lowest BCUT2D eigenvalue weighted by Gasteiger charge is -2.20. The number of amides is 1. The van der Waals surface area contributed by atoms with Crippen LogP contribution in [0.5, 0.6) is 0 Å². The maximum Gasteiger partial charge on any atom is 0.225 e. The summed E-state index contributed by atoms with van der Waals surface area (Å²) in [6.07, 6.45) is 3.97. The molecule has 2 aromatic rings. The highest BCUT2D eigenvalue weighted by Gasteiger charge is 2.27. The number of guanidine groups is 1. The number of carbonyl (C=O) groups excluding carboxylic acids is 1. The molecule has 1 aromatic heterocycles. The monoisotopic (exact) mass is 369 g/mol. The lowest BCUT2D eigenvalue weighted by molar-refractivity contribution is -0.133. The number of likely N-dealkylation sites (tertiary alicyclic amines) is 1. The van der Waals surface area contributed by atoms with Crippen molar-refractivity contribution < 1.29 is 4.79 Å². The smallest absolute Gasteiger partial charge is 0.225 e. The number of fused-ring (bicyclic) bond motifs is 1. The number of nitrogens with zero attached hydrogens (tertiary/aromatic N) is 2. The highest BCUT2D eigenvalue weighted by Crippen LogP contribution is 2.19. The molecule has 1 atom stereocenters. The quantitative estimate of drug-likeness (QED) is 0.560. The Labute approximate surface area is 161 Å². The van der Waals surface area contributed by atoms with E-state index in [1.54, 1.807) is 7.05 Å². The normalized spacial score (nSPS) is 17.7. The van der Waals surface area contributed by atoms with E-state index in [2.05, 4.69) is 51.9 Å². The summed E-state index contributed by atoms with van der Waals surface area (Å²) in [6, 6.07) is 6.77. The van der Waals surface area contributed by atoms with Crippen molar-refractivity contribution in [3.05, 3.63) is 35.5 Å². The van der Waals surface area contributed by atoms with Crippen molar-refractivity contribution in [3.8, 4) is 0 Å². The van der Waals surface area contributed by atoms with Crippen LogP contribution >= 0.6 is 0 Å². The van der Waals surface area contributed by atoms with Gasteiger partial charge < -0.3 is 20.5 Å². The first-order valence-electron chi connectivity index (χ1n) is 9.80. The van der Waals surface area contributed by atoms with Gasteiger partial charge in [-0.1, -0.05) is 26.0 Å². The predicted molar refractivity (Wildman–Crippen MR) is 111 cm³/mol. The van der Waals surface area contributed by atoms with Crippen LogP contribution in [-0.4, -0.2) is 54.5 Å². The lowest BCUT2D eigenvalue weighted by Crippen LogP contribution is -2.45. The van der Waals surface area contributed by atoms with Crippen LogP contribution in [0.2, 0.25) is 0 Å². The highest BCUT2D eigenvalue weighted by molar-refractivity contribution is 5.84. The van der Waals surface area contributed by atoms with Gasteiger partial charge in [-0.3, -0.25) is 9.79 Å². The van der Waals surface area contributed by atoms with E-state index in [0.717, 1.165) is 38.4 Å². The maximum atomic E-state index is 12.1. The second kappa shape index (κ2) is 8.46. The first-order chi connectivity index (χ1) is 13.0. The number of carbonyl (C=O) groups is 1. The van der Waals surface area contributed by atoms with Crippen LogP contribution in [-0.2, 0) is 11.2 Å². The molecule has 1 aromatic carbocycles. The summed E-state index contributed by atoms with van der Waals surface area (Å²) in [5, 5.41) is 8.13. The summed E-state index contributed by atoms with van der Waals surface area (Å²) < 4.78 is 0. The molecule has 1 amide bonds. The van der Waals surface area contributed by atoms with E-state index >= 15 is 0 Å². The van der Waals surface area contributed by atoms with Gasteiger partial charge in [-0.2, -0.15) is 0 Å². The summed E-state index contributed by atoms with van der Waals surface area (Å²) in [6.45, 7) is 8.39. The third-order valence-electron chi connectivity index (χ3n) is 5.17. The average Bonchev–Trinajstić information content (AvgIpc) is 3.27. The molecular weight excluding hydrogens is 338 g/mol. The van der Waals surface area contributed by atoms with Crippen molar-refractivity contribution in [2.24, 2.45) is 10.9 Å². The fraction of sp³-hybridized carbons (Fsp3) is 0.524. The van der Waals surface area contributed by atoms with Crippen LogP contribution in [0.1, 0.15) is 31.4 Å². The summed E-state index contributed by atoms with van der Waals surface area (Å²) in [7, 11) is 1.79. The van der Waals surface area contributed by atoms with Crippen molar-refractivity contribution >= 4 is 22.8 Å². The largest absolute Gasteiger partial charge is 0.361 e. The zero-order chi connectivity index (χ0) is 19.4. The number of aromatic nitrogens is 1. The van der Waals surface area contributed by atoms with Crippen LogP contribution in [0.25, 0.3) is 10.9 Å². The van der Waals surface area contributed by atoms with E-state index < -0.39 is 0 Å². The summed E-state index contributed by atoms with van der Waals surface area (Å²) in [5.41, 5.74) is 3.76. The zero-order valence-electron chi connectivity index (χ0n) is 16.8. The molecule has 0 bridgehead atoms. The van der Waals surface area contributed by atoms with E-state index in [-0.39, 0.29) is 17.9 Å². The van der Waals surface area contributed by atoms with E-state index in [4.69, 9.17) is 0 Å². The summed E-state index contributed by atoms with van der Waals surface area (Å²) in [4.78, 5) is 21.8. The van der Waals surface area contributed by atoms with Crippen molar-refractivity contribution in [2.45, 2.75) is 39.7 Å². The van der Waals surface area contributed by atoms with Crippen molar-refractivity contribution in [3.63, 3.8) is 0 Å². The molecule has 6 nitrogen and oxygen atoms in total. The molecule has 0 aliphatic carbocycles. The number of aromatic amines is 1. The number of aryl methyl sites for hydroxylation is 1. The third-order valence-corrected chi connectivity index (χ3v) is 5.17. The lowest BCUT2D eigenvalue weighted by atomic mass is 10.1. The number of hydrogen-bond donors (Lipinski definition) is 3. The average molecular weight is 370 g/mol. The number of aliphatic imine (C=N–C) groups is 1. The van der Waals surface area contributed by atoms with E-state index in [1.165, 1.54) is 22.0 Å². The molecule has 0 radical (unpaired) electrons. The Morgan fingerprint density at radius 2 is 2.22 bits per heavy atom. The van der Waals surface area contributed by atoms with Crippen LogP contribution < -0.4 is 10.6 Å². The number of hydrogen-bond acceptors (Lipinski definition) is 2. The number of benzene rings is 1. The molecule has 1 aliphatic rings. The molecule has 1 aliphatic heterocycles. The molecule has 27 heavy (non-hydrogen) atoms. The minimum atomic E-state index is 0.0566. The van der Waals surface area contributed by atoms with Crippen LogP contribution in [0.3, 0.4) is 0 Å². The first kappa shape index (κ1) is 19.3. The maximum absolute atomic E-state index is 12.1. The van der Waals surface area contributed by atoms with E-state index in [0.29, 0.717) is 0 Å². The Morgan fingerprint density at radius 1 is 1.41 bits per heavy atom. The second-order valence-electron chi connectivity index (χ2n) is 7.68. The molecule has 146 valence electrons. The molecule has 6 heteroatoms. The van der Waals surface area contributed by atoms with E-state index in [1.807, 2.05) is 18.7 Å². The van der Waals surface area contributed by atoms with Gasteiger partial charge in [0.2, 0.25) is 5.91 Å². The SMILES string of the molecule is CN=C(NCCc1c[nH]c2cc(C)ccc12)NC1CCN(C(=O)C(C)C)C1. The standard InChI is InChI=1S/C21H31N5O/c1-14(2)20(27)26-10-8-17(13-26)25-21(22-4)23-9-7-16-12-24-19-11-15(3)5-6-18(16)19/h5-6,11-12,14,17,24H,7-10,13H2,1-4H3,(H2,22,23,25). The van der Waals surface area contributed by atoms with Crippen molar-refractivity contribution in [2.75, 3.05) is 26.7 Å². The van der Waals surface area contributed by atoms with Gasteiger partial charge in [0.1, 0.15) is 0 Å². The van der Waals surface area contributed by atoms with Crippen molar-refractivity contribution in [1.82, 2.24) is 20.5 Å². The molecule has 1 fully saturated rings. The summed E-state index contributed by atoms with van der Waals surface area (Å²) >= 11 is 0. The summed E-state index contributed by atoms with van der Waals surface area (Å²) in [5.74, 6) is 1.09. The van der Waals surface area contributed by atoms with Gasteiger partial charge in [0, 0.05) is 55.7 Å². The molecule has 3 rings (SSSR count). The van der Waals surface area contributed by atoms with Gasteiger partial charge in [0.05, 0.1) is 0 Å². The van der Waals surface area contributed by atoms with Gasteiger partial charge in [0.15, 0.2) is 5.96 Å². The number of nitrogens with one attached hydrogen (secondary N) is 3. The Balaban J connectivity index is 1.49. The molecule has 0 spiro atoms. The fourth-order valence-electron chi connectivity index (χ4n) is 3.65. The number of H-pyrrole nitrogens is 1. The van der Waals surface area contributed by atoms with Gasteiger partial charge in [-0.25, -0.2) is 0 Å². The highest BCUT2D eigenvalue weighted by atomic mass is 16.2. The molecule has 1 unspecified atom stereocenters. The Hall–Kier alpha value is -2.50. The van der Waals surface area contributed by atoms with Gasteiger partial charge in [0.25, 0.3) is 0 Å². The molecule has 3 N–H and O–H groups in total. The van der Waals surface area contributed by atoms with Gasteiger partial charge >= 0.3 is 0 Å². The van der Waals surface area contributed by atoms with Gasteiger partial charge in [-0.15, -0.1) is 0 Å².